The predicted molar refractivity (Wildman–Crippen MR) is 106 cm³/mol. The normalized spacial score (nSPS) is 16.6. The topological polar surface area (TPSA) is 97.8 Å². The number of pyridine rings is 1. The maximum atomic E-state index is 13.1. The quantitative estimate of drug-likeness (QED) is 0.481. The third-order valence-corrected chi connectivity index (χ3v) is 7.28. The fourth-order valence-electron chi connectivity index (χ4n) is 3.85. The number of benzene rings is 1. The number of sulfonamides is 1. The van der Waals surface area contributed by atoms with E-state index >= 15 is 0 Å². The molecule has 8 nitrogen and oxygen atoms in total. The molecule has 9 heteroatoms. The summed E-state index contributed by atoms with van der Waals surface area (Å²) in [7, 11) is -3.63. The Balaban J connectivity index is 1.38. The van der Waals surface area contributed by atoms with Crippen molar-refractivity contribution < 1.29 is 12.8 Å². The Morgan fingerprint density at radius 3 is 2.66 bits per heavy atom. The Kier molecular flexibility index (Phi) is 4.21. The van der Waals surface area contributed by atoms with E-state index in [2.05, 4.69) is 10.2 Å². The zero-order valence-corrected chi connectivity index (χ0v) is 16.2. The number of rotatable bonds is 3. The van der Waals surface area contributed by atoms with Crippen molar-refractivity contribution in [1.82, 2.24) is 18.9 Å². The van der Waals surface area contributed by atoms with Gasteiger partial charge in [-0.05, 0) is 49.2 Å². The van der Waals surface area contributed by atoms with E-state index in [0.29, 0.717) is 36.9 Å². The van der Waals surface area contributed by atoms with Gasteiger partial charge in [-0.25, -0.2) is 13.2 Å². The first-order valence-electron chi connectivity index (χ1n) is 9.36. The molecule has 1 fully saturated rings. The fraction of sp³-hybridized carbons (Fsp3) is 0.250. The van der Waals surface area contributed by atoms with Gasteiger partial charge in [0.25, 0.3) is 0 Å². The lowest BCUT2D eigenvalue weighted by molar-refractivity contribution is 0.312. The molecule has 4 aromatic rings. The molecule has 4 heterocycles. The monoisotopic (exact) mass is 410 g/mol. The van der Waals surface area contributed by atoms with E-state index in [9.17, 15) is 13.2 Å². The van der Waals surface area contributed by atoms with Crippen LogP contribution in [0, 0.1) is 0 Å². The smallest absolute Gasteiger partial charge is 0.336 e. The molecule has 0 bridgehead atoms. The van der Waals surface area contributed by atoms with E-state index in [1.165, 1.54) is 22.5 Å². The Bertz CT molecular complexity index is 1370. The van der Waals surface area contributed by atoms with Gasteiger partial charge in [0, 0.05) is 36.7 Å². The van der Waals surface area contributed by atoms with Gasteiger partial charge in [0.1, 0.15) is 11.4 Å². The van der Waals surface area contributed by atoms with Crippen LogP contribution in [0.3, 0.4) is 0 Å². The lowest BCUT2D eigenvalue weighted by Crippen LogP contribution is -2.38. The Labute approximate surface area is 166 Å². The van der Waals surface area contributed by atoms with Crippen LogP contribution in [0.5, 0.6) is 0 Å². The number of fused-ring (bicyclic) bond motifs is 2. The highest BCUT2D eigenvalue weighted by Gasteiger charge is 2.31. The van der Waals surface area contributed by atoms with E-state index in [-0.39, 0.29) is 10.8 Å². The Morgan fingerprint density at radius 2 is 1.83 bits per heavy atom. The van der Waals surface area contributed by atoms with Crippen molar-refractivity contribution in [2.45, 2.75) is 23.7 Å². The molecule has 5 rings (SSSR count). The third-order valence-electron chi connectivity index (χ3n) is 5.39. The second-order valence-corrected chi connectivity index (χ2v) is 9.06. The second-order valence-electron chi connectivity index (χ2n) is 7.12. The van der Waals surface area contributed by atoms with Gasteiger partial charge in [-0.3, -0.25) is 4.40 Å². The van der Waals surface area contributed by atoms with Gasteiger partial charge in [-0.1, -0.05) is 6.07 Å². The maximum Gasteiger partial charge on any atom is 0.336 e. The molecule has 0 saturated carbocycles. The van der Waals surface area contributed by atoms with Gasteiger partial charge < -0.3 is 4.42 Å². The highest BCUT2D eigenvalue weighted by atomic mass is 32.2. The fourth-order valence-corrected chi connectivity index (χ4v) is 5.36. The summed E-state index contributed by atoms with van der Waals surface area (Å²) in [6, 6.07) is 13.2. The van der Waals surface area contributed by atoms with Gasteiger partial charge in [0.2, 0.25) is 10.0 Å². The van der Waals surface area contributed by atoms with E-state index < -0.39 is 15.6 Å². The zero-order valence-electron chi connectivity index (χ0n) is 15.4. The number of aromatic nitrogens is 3. The molecule has 0 amide bonds. The van der Waals surface area contributed by atoms with Gasteiger partial charge >= 0.3 is 5.63 Å². The predicted octanol–water partition coefficient (Wildman–Crippen LogP) is 2.40. The van der Waals surface area contributed by atoms with Crippen LogP contribution in [0.1, 0.15) is 24.6 Å². The van der Waals surface area contributed by atoms with Crippen LogP contribution in [0.2, 0.25) is 0 Å². The summed E-state index contributed by atoms with van der Waals surface area (Å²) in [6.45, 7) is 0.827. The minimum atomic E-state index is -3.63. The lowest BCUT2D eigenvalue weighted by Gasteiger charge is -2.30. The van der Waals surface area contributed by atoms with Gasteiger partial charge in [0.15, 0.2) is 5.65 Å². The first-order chi connectivity index (χ1) is 14.0. The highest BCUT2D eigenvalue weighted by molar-refractivity contribution is 7.89. The molecule has 0 aliphatic carbocycles. The van der Waals surface area contributed by atoms with Crippen molar-refractivity contribution in [3.8, 4) is 0 Å². The molecule has 29 heavy (non-hydrogen) atoms. The molecule has 0 spiro atoms. The average molecular weight is 410 g/mol. The first-order valence-corrected chi connectivity index (χ1v) is 10.8. The van der Waals surface area contributed by atoms with Crippen LogP contribution < -0.4 is 5.63 Å². The van der Waals surface area contributed by atoms with Crippen LogP contribution in [0.25, 0.3) is 16.6 Å². The second kappa shape index (κ2) is 6.78. The average Bonchev–Trinajstić information content (AvgIpc) is 3.17. The zero-order chi connectivity index (χ0) is 20.0. The molecule has 0 atom stereocenters. The molecule has 148 valence electrons. The van der Waals surface area contributed by atoms with Gasteiger partial charge in [0.05, 0.1) is 4.90 Å². The lowest BCUT2D eigenvalue weighted by atomic mass is 9.97. The Morgan fingerprint density at radius 1 is 1.00 bits per heavy atom. The van der Waals surface area contributed by atoms with Crippen molar-refractivity contribution in [2.24, 2.45) is 0 Å². The minimum absolute atomic E-state index is 0.157. The molecular formula is C20H18N4O4S. The molecule has 0 radical (unpaired) electrons. The number of piperidine rings is 1. The third kappa shape index (κ3) is 3.12. The number of hydrogen-bond acceptors (Lipinski definition) is 6. The molecule has 1 saturated heterocycles. The van der Waals surface area contributed by atoms with Crippen LogP contribution in [0.4, 0.5) is 0 Å². The summed E-state index contributed by atoms with van der Waals surface area (Å²) in [5, 5.41) is 9.09. The standard InChI is InChI=1S/C20H18N4O4S/c25-19-7-4-15-13-16(5-6-17(15)28-19)29(26,27)23-11-8-14(9-12-23)20-22-21-18-3-1-2-10-24(18)20/h1-7,10,13-14H,8-9,11-12H2. The molecule has 0 unspecified atom stereocenters. The highest BCUT2D eigenvalue weighted by Crippen LogP contribution is 2.30. The van der Waals surface area contributed by atoms with Crippen molar-refractivity contribution >= 4 is 26.6 Å². The van der Waals surface area contributed by atoms with Crippen LogP contribution in [-0.2, 0) is 10.0 Å². The number of hydrogen-bond donors (Lipinski definition) is 0. The summed E-state index contributed by atoms with van der Waals surface area (Å²) in [6.07, 6.45) is 3.29. The van der Waals surface area contributed by atoms with Crippen molar-refractivity contribution in [3.05, 3.63) is 71.0 Å². The van der Waals surface area contributed by atoms with Crippen molar-refractivity contribution in [1.29, 1.82) is 0 Å². The summed E-state index contributed by atoms with van der Waals surface area (Å²) >= 11 is 0. The summed E-state index contributed by atoms with van der Waals surface area (Å²) in [4.78, 5) is 11.5. The summed E-state index contributed by atoms with van der Waals surface area (Å²) < 4.78 is 34.8. The van der Waals surface area contributed by atoms with Crippen LogP contribution in [-0.4, -0.2) is 40.4 Å². The first kappa shape index (κ1) is 18.0. The molecular weight excluding hydrogens is 392 g/mol. The molecule has 1 aromatic carbocycles. The maximum absolute atomic E-state index is 13.1. The van der Waals surface area contributed by atoms with E-state index in [1.54, 1.807) is 12.1 Å². The van der Waals surface area contributed by atoms with Crippen LogP contribution >= 0.6 is 0 Å². The summed E-state index contributed by atoms with van der Waals surface area (Å²) in [5.41, 5.74) is 0.699. The molecule has 3 aromatic heterocycles. The SMILES string of the molecule is O=c1ccc2cc(S(=O)(=O)N3CCC(c4nnc5ccccn45)CC3)ccc2o1. The van der Waals surface area contributed by atoms with Gasteiger partial charge in [-0.15, -0.1) is 10.2 Å². The largest absolute Gasteiger partial charge is 0.423 e. The van der Waals surface area contributed by atoms with Crippen molar-refractivity contribution in [3.63, 3.8) is 0 Å². The minimum Gasteiger partial charge on any atom is -0.423 e. The van der Waals surface area contributed by atoms with Crippen LogP contribution in [0.15, 0.2) is 68.8 Å². The molecule has 0 N–H and O–H groups in total. The van der Waals surface area contributed by atoms with E-state index in [1.807, 2.05) is 28.8 Å². The summed E-state index contributed by atoms with van der Waals surface area (Å²) in [5.74, 6) is 1.03. The van der Waals surface area contributed by atoms with Crippen molar-refractivity contribution in [2.75, 3.05) is 13.1 Å². The van der Waals surface area contributed by atoms with E-state index in [4.69, 9.17) is 4.42 Å². The molecule has 1 aliphatic rings. The number of nitrogens with zero attached hydrogens (tertiary/aromatic N) is 4. The Hall–Kier alpha value is -3.04. The van der Waals surface area contributed by atoms with E-state index in [0.717, 1.165) is 11.5 Å². The molecule has 1 aliphatic heterocycles. The van der Waals surface area contributed by atoms with Gasteiger partial charge in [-0.2, -0.15) is 4.31 Å².